The minimum atomic E-state index is -0.128. The topological polar surface area (TPSA) is 96.9 Å². The van der Waals surface area contributed by atoms with Gasteiger partial charge < -0.3 is 24.6 Å². The van der Waals surface area contributed by atoms with Gasteiger partial charge in [-0.05, 0) is 25.0 Å². The highest BCUT2D eigenvalue weighted by Gasteiger charge is 2.34. The second-order valence-corrected chi connectivity index (χ2v) is 8.07. The van der Waals surface area contributed by atoms with Gasteiger partial charge in [0, 0.05) is 45.1 Å². The molecular formula is C23H29N5O4. The maximum absolute atomic E-state index is 13.3. The number of likely N-dealkylation sites (tertiary alicyclic amines) is 1. The summed E-state index contributed by atoms with van der Waals surface area (Å²) in [5.74, 6) is 2.44. The quantitative estimate of drug-likeness (QED) is 0.762. The average Bonchev–Trinajstić information content (AvgIpc) is 3.32. The zero-order valence-corrected chi connectivity index (χ0v) is 19.0. The zero-order valence-electron chi connectivity index (χ0n) is 19.0. The molecule has 1 atom stereocenters. The van der Waals surface area contributed by atoms with Gasteiger partial charge in [-0.3, -0.25) is 9.59 Å². The SMILES string of the molecule is CNc1nc(C2CCN(C(=O)c3c(OC)cccc3OC)C2)nc2c1CCN(C(C)=O)C2. The molecule has 3 heterocycles. The number of hydrogen-bond donors (Lipinski definition) is 1. The van der Waals surface area contributed by atoms with Crippen LogP contribution in [0.5, 0.6) is 11.5 Å². The van der Waals surface area contributed by atoms with E-state index in [0.717, 1.165) is 29.9 Å². The molecule has 0 spiro atoms. The third-order valence-corrected chi connectivity index (χ3v) is 6.25. The van der Waals surface area contributed by atoms with E-state index in [1.165, 1.54) is 0 Å². The van der Waals surface area contributed by atoms with Crippen molar-refractivity contribution in [2.45, 2.75) is 32.2 Å². The van der Waals surface area contributed by atoms with E-state index in [-0.39, 0.29) is 17.7 Å². The van der Waals surface area contributed by atoms with E-state index in [4.69, 9.17) is 19.4 Å². The molecule has 2 aliphatic heterocycles. The van der Waals surface area contributed by atoms with Crippen LogP contribution >= 0.6 is 0 Å². The van der Waals surface area contributed by atoms with Gasteiger partial charge in [0.25, 0.3) is 5.91 Å². The van der Waals surface area contributed by atoms with Crippen molar-refractivity contribution in [2.24, 2.45) is 0 Å². The lowest BCUT2D eigenvalue weighted by molar-refractivity contribution is -0.129. The molecule has 0 aliphatic carbocycles. The molecule has 32 heavy (non-hydrogen) atoms. The van der Waals surface area contributed by atoms with Crippen LogP contribution in [0.4, 0.5) is 5.82 Å². The first-order chi connectivity index (χ1) is 15.5. The number of aromatic nitrogens is 2. The van der Waals surface area contributed by atoms with Crippen molar-refractivity contribution in [3.63, 3.8) is 0 Å². The fourth-order valence-electron chi connectivity index (χ4n) is 4.48. The van der Waals surface area contributed by atoms with E-state index >= 15 is 0 Å². The second kappa shape index (κ2) is 9.02. The Balaban J connectivity index is 1.59. The number of rotatable bonds is 5. The van der Waals surface area contributed by atoms with Gasteiger partial charge in [-0.2, -0.15) is 0 Å². The molecule has 2 aliphatic rings. The van der Waals surface area contributed by atoms with Gasteiger partial charge in [-0.25, -0.2) is 9.97 Å². The van der Waals surface area contributed by atoms with Crippen LogP contribution < -0.4 is 14.8 Å². The first-order valence-electron chi connectivity index (χ1n) is 10.8. The monoisotopic (exact) mass is 439 g/mol. The summed E-state index contributed by atoms with van der Waals surface area (Å²) in [5.41, 5.74) is 2.38. The lowest BCUT2D eigenvalue weighted by atomic mass is 10.0. The third-order valence-electron chi connectivity index (χ3n) is 6.25. The Bertz CT molecular complexity index is 1020. The summed E-state index contributed by atoms with van der Waals surface area (Å²) in [6.07, 6.45) is 1.50. The lowest BCUT2D eigenvalue weighted by Crippen LogP contribution is -2.35. The van der Waals surface area contributed by atoms with Crippen molar-refractivity contribution in [2.75, 3.05) is 46.2 Å². The Labute approximate surface area is 187 Å². The van der Waals surface area contributed by atoms with Crippen LogP contribution in [0.15, 0.2) is 18.2 Å². The zero-order chi connectivity index (χ0) is 22.8. The standard InChI is InChI=1S/C23H29N5O4/c1-14(29)27-11-9-16-17(13-27)25-21(26-22(16)24-2)15-8-10-28(12-15)23(30)20-18(31-3)6-5-7-19(20)32-4/h5-7,15H,8-13H2,1-4H3,(H,24,25,26). The summed E-state index contributed by atoms with van der Waals surface area (Å²) in [5, 5.41) is 3.18. The number of nitrogens with zero attached hydrogens (tertiary/aromatic N) is 4. The Morgan fingerprint density at radius 3 is 2.44 bits per heavy atom. The molecule has 1 N–H and O–H groups in total. The lowest BCUT2D eigenvalue weighted by Gasteiger charge is -2.29. The average molecular weight is 440 g/mol. The molecule has 2 amide bonds. The number of ether oxygens (including phenoxy) is 2. The van der Waals surface area contributed by atoms with Gasteiger partial charge in [0.1, 0.15) is 28.7 Å². The molecule has 0 radical (unpaired) electrons. The van der Waals surface area contributed by atoms with Crippen molar-refractivity contribution in [3.8, 4) is 11.5 Å². The third kappa shape index (κ3) is 3.94. The summed E-state index contributed by atoms with van der Waals surface area (Å²) in [6, 6.07) is 5.32. The Morgan fingerprint density at radius 2 is 1.81 bits per heavy atom. The normalized spacial score (nSPS) is 17.7. The highest BCUT2D eigenvalue weighted by atomic mass is 16.5. The second-order valence-electron chi connectivity index (χ2n) is 8.07. The molecule has 9 nitrogen and oxygen atoms in total. The number of hydrogen-bond acceptors (Lipinski definition) is 7. The van der Waals surface area contributed by atoms with E-state index in [2.05, 4.69) is 5.32 Å². The largest absolute Gasteiger partial charge is 0.496 e. The van der Waals surface area contributed by atoms with Crippen LogP contribution in [0, 0.1) is 0 Å². The number of carbonyl (C=O) groups is 2. The molecular weight excluding hydrogens is 410 g/mol. The number of carbonyl (C=O) groups excluding carboxylic acids is 2. The fraction of sp³-hybridized carbons (Fsp3) is 0.478. The molecule has 0 bridgehead atoms. The first-order valence-corrected chi connectivity index (χ1v) is 10.8. The van der Waals surface area contributed by atoms with Gasteiger partial charge >= 0.3 is 0 Å². The molecule has 1 saturated heterocycles. The highest BCUT2D eigenvalue weighted by Crippen LogP contribution is 2.34. The summed E-state index contributed by atoms with van der Waals surface area (Å²) in [4.78, 5) is 38.4. The Hall–Kier alpha value is -3.36. The van der Waals surface area contributed by atoms with E-state index in [1.54, 1.807) is 49.1 Å². The summed E-state index contributed by atoms with van der Waals surface area (Å²) in [6.45, 7) is 3.85. The minimum Gasteiger partial charge on any atom is -0.496 e. The first kappa shape index (κ1) is 21.9. The Kier molecular flexibility index (Phi) is 6.16. The van der Waals surface area contributed by atoms with Crippen LogP contribution in [-0.2, 0) is 17.8 Å². The van der Waals surface area contributed by atoms with Crippen LogP contribution in [0.1, 0.15) is 46.7 Å². The summed E-state index contributed by atoms with van der Waals surface area (Å²) in [7, 11) is 4.94. The molecule has 2 aromatic rings. The van der Waals surface area contributed by atoms with Gasteiger partial charge in [-0.15, -0.1) is 0 Å². The number of fused-ring (bicyclic) bond motifs is 1. The Morgan fingerprint density at radius 1 is 1.09 bits per heavy atom. The van der Waals surface area contributed by atoms with Crippen LogP contribution in [0.3, 0.4) is 0 Å². The molecule has 1 aromatic heterocycles. The van der Waals surface area contributed by atoms with Gasteiger partial charge in [0.05, 0.1) is 26.5 Å². The van der Waals surface area contributed by atoms with E-state index in [9.17, 15) is 9.59 Å². The molecule has 9 heteroatoms. The van der Waals surface area contributed by atoms with Crippen molar-refractivity contribution >= 4 is 17.6 Å². The van der Waals surface area contributed by atoms with Crippen LogP contribution in [0.2, 0.25) is 0 Å². The van der Waals surface area contributed by atoms with Crippen molar-refractivity contribution < 1.29 is 19.1 Å². The molecule has 0 saturated carbocycles. The van der Waals surface area contributed by atoms with E-state index in [1.807, 2.05) is 7.05 Å². The number of amides is 2. The molecule has 4 rings (SSSR count). The number of benzene rings is 1. The smallest absolute Gasteiger partial charge is 0.261 e. The van der Waals surface area contributed by atoms with Gasteiger partial charge in [0.2, 0.25) is 5.91 Å². The van der Waals surface area contributed by atoms with Crippen molar-refractivity contribution in [1.29, 1.82) is 0 Å². The number of nitrogens with one attached hydrogen (secondary N) is 1. The van der Waals surface area contributed by atoms with E-state index in [0.29, 0.717) is 49.1 Å². The van der Waals surface area contributed by atoms with E-state index < -0.39 is 0 Å². The maximum Gasteiger partial charge on any atom is 0.261 e. The summed E-state index contributed by atoms with van der Waals surface area (Å²) >= 11 is 0. The maximum atomic E-state index is 13.3. The molecule has 1 fully saturated rings. The number of methoxy groups -OCH3 is 2. The molecule has 170 valence electrons. The fourth-order valence-corrected chi connectivity index (χ4v) is 4.48. The van der Waals surface area contributed by atoms with Gasteiger partial charge in [-0.1, -0.05) is 6.07 Å². The van der Waals surface area contributed by atoms with Crippen LogP contribution in [-0.4, -0.2) is 72.5 Å². The highest BCUT2D eigenvalue weighted by molar-refractivity contribution is 6.00. The molecule has 1 unspecified atom stereocenters. The van der Waals surface area contributed by atoms with Crippen LogP contribution in [0.25, 0.3) is 0 Å². The predicted molar refractivity (Wildman–Crippen MR) is 119 cm³/mol. The predicted octanol–water partition coefficient (Wildman–Crippen LogP) is 2.07. The summed E-state index contributed by atoms with van der Waals surface area (Å²) < 4.78 is 10.8. The van der Waals surface area contributed by atoms with Crippen molar-refractivity contribution in [1.82, 2.24) is 19.8 Å². The van der Waals surface area contributed by atoms with Crippen molar-refractivity contribution in [3.05, 3.63) is 40.8 Å². The van der Waals surface area contributed by atoms with Gasteiger partial charge in [0.15, 0.2) is 0 Å². The molecule has 1 aromatic carbocycles. The number of anilines is 1. The minimum absolute atomic E-state index is 0.0183.